The van der Waals surface area contributed by atoms with Crippen molar-refractivity contribution in [2.24, 2.45) is 0 Å². The van der Waals surface area contributed by atoms with E-state index in [1.54, 1.807) is 6.07 Å². The first kappa shape index (κ1) is 6.71. The van der Waals surface area contributed by atoms with E-state index in [0.717, 1.165) is 23.2 Å². The van der Waals surface area contributed by atoms with Crippen molar-refractivity contribution in [3.05, 3.63) is 35.5 Å². The molecule has 0 radical (unpaired) electrons. The van der Waals surface area contributed by atoms with Crippen LogP contribution in [-0.2, 0) is 6.42 Å². The lowest BCUT2D eigenvalue weighted by Gasteiger charge is -2.00. The molecule has 0 saturated carbocycles. The number of fused-ring (bicyclic) bond motifs is 3. The highest BCUT2D eigenvalue weighted by molar-refractivity contribution is 5.78. The Morgan fingerprint density at radius 2 is 2.23 bits per heavy atom. The third kappa shape index (κ3) is 0.758. The molecular formula is C10H8N2O. The third-order valence-electron chi connectivity index (χ3n) is 2.48. The highest BCUT2D eigenvalue weighted by Gasteiger charge is 2.22. The summed E-state index contributed by atoms with van der Waals surface area (Å²) in [6.45, 7) is 0. The van der Waals surface area contributed by atoms with Crippen LogP contribution in [-0.4, -0.2) is 15.3 Å². The monoisotopic (exact) mass is 172 g/mol. The van der Waals surface area contributed by atoms with E-state index in [1.807, 2.05) is 18.3 Å². The molecule has 2 N–H and O–H groups in total. The summed E-state index contributed by atoms with van der Waals surface area (Å²) >= 11 is 0. The van der Waals surface area contributed by atoms with Gasteiger partial charge in [-0.15, -0.1) is 0 Å². The Bertz CT molecular complexity index is 474. The first-order valence-corrected chi connectivity index (χ1v) is 4.20. The smallest absolute Gasteiger partial charge is 0.125 e. The number of benzene rings is 1. The van der Waals surface area contributed by atoms with Crippen molar-refractivity contribution in [2.75, 3.05) is 0 Å². The van der Waals surface area contributed by atoms with Gasteiger partial charge < -0.3 is 5.11 Å². The van der Waals surface area contributed by atoms with Crippen LogP contribution < -0.4 is 0 Å². The van der Waals surface area contributed by atoms with Crippen LogP contribution in [0.15, 0.2) is 24.4 Å². The van der Waals surface area contributed by atoms with Gasteiger partial charge in [-0.2, -0.15) is 5.10 Å². The van der Waals surface area contributed by atoms with Crippen LogP contribution in [0, 0.1) is 0 Å². The summed E-state index contributed by atoms with van der Waals surface area (Å²) in [4.78, 5) is 0. The van der Waals surface area contributed by atoms with Gasteiger partial charge in [0.15, 0.2) is 0 Å². The minimum absolute atomic E-state index is 0.334. The zero-order chi connectivity index (χ0) is 8.84. The summed E-state index contributed by atoms with van der Waals surface area (Å²) in [6, 6.07) is 5.60. The molecule has 0 amide bonds. The van der Waals surface area contributed by atoms with E-state index in [1.165, 1.54) is 5.56 Å². The number of phenolic OH excluding ortho intramolecular Hbond substituents is 1. The Kier molecular flexibility index (Phi) is 1.10. The Morgan fingerprint density at radius 1 is 1.31 bits per heavy atom. The molecule has 3 rings (SSSR count). The largest absolute Gasteiger partial charge is 0.507 e. The minimum atomic E-state index is 0.334. The minimum Gasteiger partial charge on any atom is -0.507 e. The molecule has 1 aliphatic carbocycles. The van der Waals surface area contributed by atoms with Gasteiger partial charge in [0.05, 0.1) is 11.9 Å². The van der Waals surface area contributed by atoms with Crippen LogP contribution in [0.5, 0.6) is 5.75 Å². The topological polar surface area (TPSA) is 48.9 Å². The summed E-state index contributed by atoms with van der Waals surface area (Å²) in [6.07, 6.45) is 2.68. The van der Waals surface area contributed by atoms with Gasteiger partial charge in [0.1, 0.15) is 5.75 Å². The predicted octanol–water partition coefficient (Wildman–Crippen LogP) is 1.69. The van der Waals surface area contributed by atoms with Crippen molar-refractivity contribution in [1.29, 1.82) is 0 Å². The third-order valence-corrected chi connectivity index (χ3v) is 2.48. The van der Waals surface area contributed by atoms with Gasteiger partial charge in [-0.3, -0.25) is 5.10 Å². The predicted molar refractivity (Wildman–Crippen MR) is 48.5 cm³/mol. The fraction of sp³-hybridized carbons (Fsp3) is 0.100. The van der Waals surface area contributed by atoms with E-state index in [0.29, 0.717) is 5.75 Å². The zero-order valence-corrected chi connectivity index (χ0v) is 6.91. The van der Waals surface area contributed by atoms with Crippen LogP contribution >= 0.6 is 0 Å². The van der Waals surface area contributed by atoms with Gasteiger partial charge in [-0.05, 0) is 11.6 Å². The van der Waals surface area contributed by atoms with Crippen molar-refractivity contribution >= 4 is 0 Å². The van der Waals surface area contributed by atoms with E-state index in [4.69, 9.17) is 0 Å². The zero-order valence-electron chi connectivity index (χ0n) is 6.91. The molecule has 0 unspecified atom stereocenters. The molecule has 0 spiro atoms. The van der Waals surface area contributed by atoms with Crippen LogP contribution in [0.3, 0.4) is 0 Å². The fourth-order valence-corrected chi connectivity index (χ4v) is 1.89. The van der Waals surface area contributed by atoms with Crippen molar-refractivity contribution in [2.45, 2.75) is 6.42 Å². The molecule has 2 aromatic rings. The quantitative estimate of drug-likeness (QED) is 0.542. The van der Waals surface area contributed by atoms with Crippen molar-refractivity contribution < 1.29 is 5.11 Å². The van der Waals surface area contributed by atoms with E-state index in [9.17, 15) is 5.11 Å². The number of aromatic amines is 1. The van der Waals surface area contributed by atoms with E-state index < -0.39 is 0 Å². The number of nitrogens with zero attached hydrogens (tertiary/aromatic N) is 1. The van der Waals surface area contributed by atoms with Gasteiger partial charge >= 0.3 is 0 Å². The molecular weight excluding hydrogens is 164 g/mol. The number of aromatic hydroxyl groups is 1. The molecule has 3 nitrogen and oxygen atoms in total. The first-order valence-electron chi connectivity index (χ1n) is 4.20. The standard InChI is InChI=1S/C10H8N2O/c13-8-3-1-2-6-4-7-5-11-12-10(7)9(6)8/h1-3,5,13H,4H2,(H,11,12). The fourth-order valence-electron chi connectivity index (χ4n) is 1.89. The first-order chi connectivity index (χ1) is 6.36. The molecule has 0 atom stereocenters. The second-order valence-corrected chi connectivity index (χ2v) is 3.26. The Hall–Kier alpha value is -1.77. The number of H-pyrrole nitrogens is 1. The van der Waals surface area contributed by atoms with Gasteiger partial charge in [0, 0.05) is 17.5 Å². The number of hydrogen-bond donors (Lipinski definition) is 2. The van der Waals surface area contributed by atoms with E-state index in [-0.39, 0.29) is 0 Å². The Balaban J connectivity index is 2.37. The van der Waals surface area contributed by atoms with E-state index in [2.05, 4.69) is 10.2 Å². The summed E-state index contributed by atoms with van der Waals surface area (Å²) in [5.41, 5.74) is 4.21. The maximum Gasteiger partial charge on any atom is 0.125 e. The van der Waals surface area contributed by atoms with Crippen LogP contribution in [0.1, 0.15) is 11.1 Å². The van der Waals surface area contributed by atoms with Gasteiger partial charge in [-0.25, -0.2) is 0 Å². The molecule has 0 aliphatic heterocycles. The Labute approximate surface area is 75.0 Å². The second-order valence-electron chi connectivity index (χ2n) is 3.26. The lowest BCUT2D eigenvalue weighted by atomic mass is 10.1. The average Bonchev–Trinajstić information content (AvgIpc) is 2.62. The molecule has 13 heavy (non-hydrogen) atoms. The van der Waals surface area contributed by atoms with Crippen molar-refractivity contribution in [3.8, 4) is 17.0 Å². The summed E-state index contributed by atoms with van der Waals surface area (Å²) in [7, 11) is 0. The molecule has 0 bridgehead atoms. The lowest BCUT2D eigenvalue weighted by Crippen LogP contribution is -1.81. The highest BCUT2D eigenvalue weighted by atomic mass is 16.3. The summed E-state index contributed by atoms with van der Waals surface area (Å²) in [5, 5.41) is 16.5. The lowest BCUT2D eigenvalue weighted by molar-refractivity contribution is 0.477. The van der Waals surface area contributed by atoms with Crippen LogP contribution in [0.25, 0.3) is 11.3 Å². The summed E-state index contributed by atoms with van der Waals surface area (Å²) in [5.74, 6) is 0.334. The van der Waals surface area contributed by atoms with E-state index >= 15 is 0 Å². The molecule has 0 saturated heterocycles. The normalized spacial score (nSPS) is 12.6. The van der Waals surface area contributed by atoms with Gasteiger partial charge in [0.2, 0.25) is 0 Å². The number of aromatic nitrogens is 2. The van der Waals surface area contributed by atoms with Gasteiger partial charge in [0.25, 0.3) is 0 Å². The number of hydrogen-bond acceptors (Lipinski definition) is 2. The molecule has 0 fully saturated rings. The molecule has 3 heteroatoms. The maximum atomic E-state index is 9.65. The van der Waals surface area contributed by atoms with Crippen molar-refractivity contribution in [3.63, 3.8) is 0 Å². The summed E-state index contributed by atoms with van der Waals surface area (Å²) < 4.78 is 0. The molecule has 1 aliphatic rings. The number of rotatable bonds is 0. The Morgan fingerprint density at radius 3 is 3.15 bits per heavy atom. The molecule has 1 heterocycles. The number of phenols is 1. The molecule has 1 aromatic carbocycles. The molecule has 64 valence electrons. The van der Waals surface area contributed by atoms with Crippen LogP contribution in [0.4, 0.5) is 0 Å². The van der Waals surface area contributed by atoms with Gasteiger partial charge in [-0.1, -0.05) is 12.1 Å². The van der Waals surface area contributed by atoms with Crippen LogP contribution in [0.2, 0.25) is 0 Å². The second kappa shape index (κ2) is 2.13. The van der Waals surface area contributed by atoms with Crippen molar-refractivity contribution in [1.82, 2.24) is 10.2 Å². The number of nitrogens with one attached hydrogen (secondary N) is 1. The average molecular weight is 172 g/mol. The SMILES string of the molecule is Oc1cccc2c1-c1[nH]ncc1C2. The maximum absolute atomic E-state index is 9.65. The molecule has 1 aromatic heterocycles. The highest BCUT2D eigenvalue weighted by Crippen LogP contribution is 2.40.